The Bertz CT molecular complexity index is 482. The van der Waals surface area contributed by atoms with Crippen molar-refractivity contribution in [2.45, 2.75) is 18.7 Å². The molecular weight excluding hydrogens is 401 g/mol. The Kier molecular flexibility index (Phi) is 5.65. The third-order valence-electron chi connectivity index (χ3n) is 2.06. The first-order valence-corrected chi connectivity index (χ1v) is 6.44. The summed E-state index contributed by atoms with van der Waals surface area (Å²) in [6, 6.07) is 0. The lowest BCUT2D eigenvalue weighted by Gasteiger charge is -2.16. The van der Waals surface area contributed by atoms with Crippen LogP contribution in [0, 0.1) is 3.70 Å². The molecule has 0 aliphatic rings. The van der Waals surface area contributed by atoms with Gasteiger partial charge in [0.25, 0.3) is 0 Å². The van der Waals surface area contributed by atoms with E-state index < -0.39 is 18.1 Å². The summed E-state index contributed by atoms with van der Waals surface area (Å²) in [6.45, 7) is 0. The first kappa shape index (κ1) is 16.3. The molecule has 0 bridgehead atoms. The quantitative estimate of drug-likeness (QED) is 0.332. The molecule has 0 aromatic carbocycles. The maximum absolute atomic E-state index is 12.4. The molecule has 0 atom stereocenters. The number of halogens is 5. The molecule has 0 amide bonds. The fourth-order valence-corrected chi connectivity index (χ4v) is 2.03. The molecule has 0 unspecified atom stereocenters. The van der Waals surface area contributed by atoms with Gasteiger partial charge in [0.2, 0.25) is 0 Å². The number of nitrogens with zero attached hydrogens (tertiary/aromatic N) is 1. The zero-order valence-corrected chi connectivity index (χ0v) is 12.5. The molecule has 1 aromatic heterocycles. The predicted molar refractivity (Wildman–Crippen MR) is 68.9 cm³/mol. The number of aromatic nitrogens is 1. The van der Waals surface area contributed by atoms with Crippen LogP contribution in [-0.2, 0) is 21.8 Å². The van der Waals surface area contributed by atoms with Gasteiger partial charge in [0.05, 0.1) is 19.4 Å². The van der Waals surface area contributed by atoms with Crippen LogP contribution in [0.4, 0.5) is 13.2 Å². The van der Waals surface area contributed by atoms with Crippen LogP contribution in [0.2, 0.25) is 0 Å². The second kappa shape index (κ2) is 6.60. The van der Waals surface area contributed by atoms with E-state index in [-0.39, 0.29) is 27.1 Å². The van der Waals surface area contributed by atoms with Gasteiger partial charge in [0, 0.05) is 17.3 Å². The number of ether oxygens (including phenoxy) is 2. The van der Waals surface area contributed by atoms with Crippen molar-refractivity contribution >= 4 is 40.2 Å². The molecule has 9 heteroatoms. The second-order valence-electron chi connectivity index (χ2n) is 3.32. The van der Waals surface area contributed by atoms with Crippen molar-refractivity contribution in [1.29, 1.82) is 0 Å². The summed E-state index contributed by atoms with van der Waals surface area (Å²) in [5.74, 6) is -1.41. The fourth-order valence-electron chi connectivity index (χ4n) is 1.27. The van der Waals surface area contributed by atoms with Crippen LogP contribution in [-0.4, -0.2) is 24.4 Å². The number of carbonyl (C=O) groups excluding carboxylic acids is 1. The number of hydrogen-bond donors (Lipinski definition) is 0. The highest BCUT2D eigenvalue weighted by atomic mass is 127. The van der Waals surface area contributed by atoms with Crippen LogP contribution in [0.25, 0.3) is 0 Å². The molecule has 106 valence electrons. The van der Waals surface area contributed by atoms with Gasteiger partial charge in [-0.1, -0.05) is 0 Å². The van der Waals surface area contributed by atoms with Gasteiger partial charge in [0.1, 0.15) is 9.45 Å². The standard InChI is InChI=1S/C10H8ClF3INO3/c1-18-7(17)2-6-8(19-10(12,13)14)5(3-11)4-16-9(6)15/h4H,2-3H2,1H3. The number of rotatable bonds is 4. The van der Waals surface area contributed by atoms with E-state index in [1.165, 1.54) is 6.20 Å². The number of carbonyl (C=O) groups is 1. The van der Waals surface area contributed by atoms with E-state index in [9.17, 15) is 18.0 Å². The monoisotopic (exact) mass is 409 g/mol. The summed E-state index contributed by atoms with van der Waals surface area (Å²) in [4.78, 5) is 15.1. The zero-order chi connectivity index (χ0) is 14.6. The minimum atomic E-state index is -4.88. The summed E-state index contributed by atoms with van der Waals surface area (Å²) in [5.41, 5.74) is 0.0567. The number of pyridine rings is 1. The molecule has 0 saturated heterocycles. The van der Waals surface area contributed by atoms with E-state index >= 15 is 0 Å². The van der Waals surface area contributed by atoms with Crippen molar-refractivity contribution in [2.24, 2.45) is 0 Å². The normalized spacial score (nSPS) is 11.3. The van der Waals surface area contributed by atoms with Crippen LogP contribution in [0.1, 0.15) is 11.1 Å². The number of esters is 1. The lowest BCUT2D eigenvalue weighted by Crippen LogP contribution is -2.21. The fraction of sp³-hybridized carbons (Fsp3) is 0.400. The predicted octanol–water partition coefficient (Wildman–Crippen LogP) is 3.04. The average molecular weight is 410 g/mol. The smallest absolute Gasteiger partial charge is 0.469 e. The average Bonchev–Trinajstić information content (AvgIpc) is 2.32. The third-order valence-corrected chi connectivity index (χ3v) is 3.28. The minimum Gasteiger partial charge on any atom is -0.469 e. The lowest BCUT2D eigenvalue weighted by atomic mass is 10.1. The van der Waals surface area contributed by atoms with Gasteiger partial charge in [-0.05, 0) is 22.6 Å². The van der Waals surface area contributed by atoms with Crippen LogP contribution >= 0.6 is 34.2 Å². The van der Waals surface area contributed by atoms with Gasteiger partial charge in [-0.15, -0.1) is 24.8 Å². The van der Waals surface area contributed by atoms with Crippen LogP contribution < -0.4 is 4.74 Å². The highest BCUT2D eigenvalue weighted by Gasteiger charge is 2.34. The summed E-state index contributed by atoms with van der Waals surface area (Å²) in [7, 11) is 1.14. The Morgan fingerprint density at radius 1 is 1.53 bits per heavy atom. The lowest BCUT2D eigenvalue weighted by molar-refractivity contribution is -0.275. The van der Waals surface area contributed by atoms with Crippen molar-refractivity contribution in [3.63, 3.8) is 0 Å². The molecular formula is C10H8ClF3INO3. The molecule has 0 fully saturated rings. The topological polar surface area (TPSA) is 48.4 Å². The summed E-state index contributed by atoms with van der Waals surface area (Å²) in [5, 5.41) is 0. The molecule has 0 N–H and O–H groups in total. The molecule has 0 spiro atoms. The molecule has 1 rings (SSSR count). The van der Waals surface area contributed by atoms with Crippen molar-refractivity contribution in [3.05, 3.63) is 21.0 Å². The van der Waals surface area contributed by atoms with Gasteiger partial charge in [-0.2, -0.15) is 0 Å². The van der Waals surface area contributed by atoms with Crippen molar-refractivity contribution < 1.29 is 27.4 Å². The van der Waals surface area contributed by atoms with Gasteiger partial charge >= 0.3 is 12.3 Å². The molecule has 0 saturated carbocycles. The third kappa shape index (κ3) is 4.68. The summed E-state index contributed by atoms with van der Waals surface area (Å²) >= 11 is 7.26. The molecule has 0 aliphatic heterocycles. The SMILES string of the molecule is COC(=O)Cc1c(I)ncc(CCl)c1OC(F)(F)F. The van der Waals surface area contributed by atoms with Gasteiger partial charge in [-0.25, -0.2) is 4.98 Å². The molecule has 1 aromatic rings. The molecule has 19 heavy (non-hydrogen) atoms. The van der Waals surface area contributed by atoms with E-state index in [4.69, 9.17) is 11.6 Å². The van der Waals surface area contributed by atoms with Crippen molar-refractivity contribution in [3.8, 4) is 5.75 Å². The number of methoxy groups -OCH3 is 1. The Morgan fingerprint density at radius 3 is 2.63 bits per heavy atom. The van der Waals surface area contributed by atoms with Crippen LogP contribution in [0.5, 0.6) is 5.75 Å². The molecule has 0 radical (unpaired) electrons. The van der Waals surface area contributed by atoms with E-state index in [2.05, 4.69) is 14.5 Å². The number of hydrogen-bond acceptors (Lipinski definition) is 4. The highest BCUT2D eigenvalue weighted by molar-refractivity contribution is 14.1. The summed E-state index contributed by atoms with van der Waals surface area (Å²) in [6.07, 6.45) is -4.08. The van der Waals surface area contributed by atoms with Gasteiger partial charge in [-0.3, -0.25) is 4.79 Å². The van der Waals surface area contributed by atoms with Crippen molar-refractivity contribution in [1.82, 2.24) is 4.98 Å². The van der Waals surface area contributed by atoms with Crippen LogP contribution in [0.15, 0.2) is 6.20 Å². The van der Waals surface area contributed by atoms with Gasteiger partial charge in [0.15, 0.2) is 0 Å². The Labute approximate surface area is 125 Å². The molecule has 1 heterocycles. The van der Waals surface area contributed by atoms with Crippen LogP contribution in [0.3, 0.4) is 0 Å². The van der Waals surface area contributed by atoms with E-state index in [1.54, 1.807) is 22.6 Å². The van der Waals surface area contributed by atoms with E-state index in [0.717, 1.165) is 7.11 Å². The first-order valence-electron chi connectivity index (χ1n) is 4.83. The highest BCUT2D eigenvalue weighted by Crippen LogP contribution is 2.33. The van der Waals surface area contributed by atoms with Crippen molar-refractivity contribution in [2.75, 3.05) is 7.11 Å². The Hall–Kier alpha value is -0.770. The largest absolute Gasteiger partial charge is 0.573 e. The van der Waals surface area contributed by atoms with Gasteiger partial charge < -0.3 is 9.47 Å². The molecule has 4 nitrogen and oxygen atoms in total. The Balaban J connectivity index is 3.28. The first-order chi connectivity index (χ1) is 8.78. The van der Waals surface area contributed by atoms with E-state index in [0.29, 0.717) is 0 Å². The maximum atomic E-state index is 12.4. The zero-order valence-electron chi connectivity index (χ0n) is 9.55. The molecule has 0 aliphatic carbocycles. The number of alkyl halides is 4. The second-order valence-corrected chi connectivity index (χ2v) is 4.61. The maximum Gasteiger partial charge on any atom is 0.573 e. The summed E-state index contributed by atoms with van der Waals surface area (Å²) < 4.78 is 45.7. The van der Waals surface area contributed by atoms with E-state index in [1.807, 2.05) is 0 Å². The Morgan fingerprint density at radius 2 is 2.16 bits per heavy atom. The minimum absolute atomic E-state index is 0.00271.